The second kappa shape index (κ2) is 4.87. The quantitative estimate of drug-likeness (QED) is 0.638. The number of aromatic amines is 1. The van der Waals surface area contributed by atoms with Crippen LogP contribution < -0.4 is 9.47 Å². The van der Waals surface area contributed by atoms with Crippen LogP contribution in [0.15, 0.2) is 30.3 Å². The van der Waals surface area contributed by atoms with Gasteiger partial charge in [0.1, 0.15) is 24.9 Å². The lowest BCUT2D eigenvalue weighted by molar-refractivity contribution is 0.172. The van der Waals surface area contributed by atoms with Crippen molar-refractivity contribution in [2.75, 3.05) is 13.2 Å². The summed E-state index contributed by atoms with van der Waals surface area (Å²) in [4.78, 5) is 7.81. The van der Waals surface area contributed by atoms with Gasteiger partial charge < -0.3 is 14.5 Å². The number of hydrogen-bond acceptors (Lipinski definition) is 3. The third kappa shape index (κ3) is 2.23. The van der Waals surface area contributed by atoms with E-state index in [-0.39, 0.29) is 5.82 Å². The maximum atomic E-state index is 13.2. The van der Waals surface area contributed by atoms with Gasteiger partial charge in [0.15, 0.2) is 11.5 Å². The lowest BCUT2D eigenvalue weighted by atomic mass is 10.2. The molecule has 0 spiro atoms. The van der Waals surface area contributed by atoms with Gasteiger partial charge in [0.05, 0.1) is 11.0 Å². The number of benzene rings is 2. The molecule has 1 aromatic heterocycles. The molecule has 6 heteroatoms. The average molecular weight is 396 g/mol. The molecular weight excluding hydrogens is 386 g/mol. The van der Waals surface area contributed by atoms with Gasteiger partial charge in [-0.1, -0.05) is 0 Å². The number of ether oxygens (including phenoxy) is 2. The first-order valence-corrected chi connectivity index (χ1v) is 7.53. The van der Waals surface area contributed by atoms with E-state index in [0.717, 1.165) is 25.9 Å². The van der Waals surface area contributed by atoms with E-state index >= 15 is 0 Å². The van der Waals surface area contributed by atoms with Crippen LogP contribution in [0.25, 0.3) is 22.4 Å². The zero-order chi connectivity index (χ0) is 14.4. The number of halogens is 2. The van der Waals surface area contributed by atoms with Gasteiger partial charge in [-0.25, -0.2) is 9.37 Å². The maximum absolute atomic E-state index is 13.2. The molecule has 0 saturated heterocycles. The Balaban J connectivity index is 1.86. The van der Waals surface area contributed by atoms with Crippen molar-refractivity contribution in [3.8, 4) is 22.9 Å². The summed E-state index contributed by atoms with van der Waals surface area (Å²) in [6.45, 7) is 1.10. The van der Waals surface area contributed by atoms with E-state index in [1.165, 1.54) is 12.1 Å². The molecule has 0 atom stereocenters. The predicted octanol–water partition coefficient (Wildman–Crippen LogP) is 3.74. The fraction of sp³-hybridized carbons (Fsp3) is 0.133. The zero-order valence-electron chi connectivity index (χ0n) is 10.8. The summed E-state index contributed by atoms with van der Waals surface area (Å²) in [7, 11) is 0. The summed E-state index contributed by atoms with van der Waals surface area (Å²) in [5.74, 6) is 1.88. The van der Waals surface area contributed by atoms with Crippen molar-refractivity contribution in [3.63, 3.8) is 0 Å². The third-order valence-corrected chi connectivity index (χ3v) is 4.22. The summed E-state index contributed by atoms with van der Waals surface area (Å²) in [6.07, 6.45) is 0. The first-order valence-electron chi connectivity index (χ1n) is 6.45. The minimum Gasteiger partial charge on any atom is -0.486 e. The Hall–Kier alpha value is -1.83. The molecule has 2 heterocycles. The second-order valence-electron chi connectivity index (χ2n) is 4.72. The number of aromatic nitrogens is 2. The first kappa shape index (κ1) is 12.9. The molecule has 0 amide bonds. The van der Waals surface area contributed by atoms with Crippen molar-refractivity contribution in [2.45, 2.75) is 0 Å². The molecule has 0 radical (unpaired) electrons. The number of fused-ring (bicyclic) bond motifs is 2. The fourth-order valence-corrected chi connectivity index (χ4v) is 3.09. The van der Waals surface area contributed by atoms with Gasteiger partial charge in [-0.3, -0.25) is 0 Å². The molecule has 106 valence electrons. The summed E-state index contributed by atoms with van der Waals surface area (Å²) >= 11 is 2.10. The summed E-state index contributed by atoms with van der Waals surface area (Å²) < 4.78 is 25.1. The Bertz CT molecular complexity index is 804. The fourth-order valence-electron chi connectivity index (χ4n) is 2.36. The SMILES string of the molecule is Fc1ccc(-c2nc3cc4c(cc3[nH]2)OCCO4)c(I)c1. The van der Waals surface area contributed by atoms with Crippen LogP contribution in [0.4, 0.5) is 4.39 Å². The van der Waals surface area contributed by atoms with Crippen LogP contribution in [0.5, 0.6) is 11.5 Å². The average Bonchev–Trinajstić information content (AvgIpc) is 2.87. The molecule has 3 aromatic rings. The second-order valence-corrected chi connectivity index (χ2v) is 5.88. The molecule has 1 N–H and O–H groups in total. The van der Waals surface area contributed by atoms with Crippen LogP contribution in [-0.4, -0.2) is 23.2 Å². The predicted molar refractivity (Wildman–Crippen MR) is 85.2 cm³/mol. The molecule has 0 aliphatic carbocycles. The number of nitrogens with one attached hydrogen (secondary N) is 1. The Kier molecular flexibility index (Phi) is 2.99. The minimum atomic E-state index is -0.253. The number of hydrogen-bond donors (Lipinski definition) is 1. The molecule has 1 aliphatic heterocycles. The number of nitrogens with zero attached hydrogens (tertiary/aromatic N) is 1. The molecule has 0 saturated carbocycles. The van der Waals surface area contributed by atoms with E-state index in [1.54, 1.807) is 6.07 Å². The highest BCUT2D eigenvalue weighted by molar-refractivity contribution is 14.1. The van der Waals surface area contributed by atoms with Crippen LogP contribution in [0.3, 0.4) is 0 Å². The van der Waals surface area contributed by atoms with E-state index in [0.29, 0.717) is 24.8 Å². The molecular formula is C15H10FIN2O2. The van der Waals surface area contributed by atoms with Gasteiger partial charge in [0.2, 0.25) is 0 Å². The van der Waals surface area contributed by atoms with E-state index in [2.05, 4.69) is 32.6 Å². The lowest BCUT2D eigenvalue weighted by Gasteiger charge is -2.17. The summed E-state index contributed by atoms with van der Waals surface area (Å²) in [5.41, 5.74) is 2.54. The zero-order valence-corrected chi connectivity index (χ0v) is 13.0. The smallest absolute Gasteiger partial charge is 0.163 e. The minimum absolute atomic E-state index is 0.253. The number of rotatable bonds is 1. The van der Waals surface area contributed by atoms with Crippen molar-refractivity contribution in [3.05, 3.63) is 39.7 Å². The van der Waals surface area contributed by atoms with Crippen molar-refractivity contribution in [1.29, 1.82) is 0 Å². The molecule has 21 heavy (non-hydrogen) atoms. The largest absolute Gasteiger partial charge is 0.486 e. The van der Waals surface area contributed by atoms with Gasteiger partial charge in [-0.2, -0.15) is 0 Å². The first-order chi connectivity index (χ1) is 10.2. The van der Waals surface area contributed by atoms with Crippen LogP contribution in [0, 0.1) is 9.39 Å². The van der Waals surface area contributed by atoms with E-state index in [4.69, 9.17) is 9.47 Å². The molecule has 4 rings (SSSR count). The highest BCUT2D eigenvalue weighted by Gasteiger charge is 2.16. The maximum Gasteiger partial charge on any atom is 0.163 e. The van der Waals surface area contributed by atoms with Crippen molar-refractivity contribution < 1.29 is 13.9 Å². The molecule has 0 fully saturated rings. The Morgan fingerprint density at radius 3 is 2.62 bits per heavy atom. The molecule has 4 nitrogen and oxygen atoms in total. The Morgan fingerprint density at radius 1 is 1.10 bits per heavy atom. The van der Waals surface area contributed by atoms with Crippen LogP contribution >= 0.6 is 22.6 Å². The number of H-pyrrole nitrogens is 1. The molecule has 0 unspecified atom stereocenters. The van der Waals surface area contributed by atoms with E-state index in [9.17, 15) is 4.39 Å². The summed E-state index contributed by atoms with van der Waals surface area (Å²) in [6, 6.07) is 8.39. The van der Waals surface area contributed by atoms with Crippen molar-refractivity contribution >= 4 is 33.6 Å². The third-order valence-electron chi connectivity index (χ3n) is 3.33. The summed E-state index contributed by atoms with van der Waals surface area (Å²) in [5, 5.41) is 0. The van der Waals surface area contributed by atoms with Crippen LogP contribution in [0.1, 0.15) is 0 Å². The molecule has 1 aliphatic rings. The van der Waals surface area contributed by atoms with Crippen molar-refractivity contribution in [2.24, 2.45) is 0 Å². The van der Waals surface area contributed by atoms with Gasteiger partial charge in [0.25, 0.3) is 0 Å². The van der Waals surface area contributed by atoms with Crippen molar-refractivity contribution in [1.82, 2.24) is 9.97 Å². The standard InChI is InChI=1S/C15H10FIN2O2/c16-8-1-2-9(10(17)5-8)15-18-11-6-13-14(7-12(11)19-15)21-4-3-20-13/h1-2,5-7H,3-4H2,(H,18,19). The normalized spacial score (nSPS) is 13.6. The number of imidazole rings is 1. The Morgan fingerprint density at radius 2 is 1.86 bits per heavy atom. The van der Waals surface area contributed by atoms with Gasteiger partial charge in [-0.05, 0) is 40.8 Å². The lowest BCUT2D eigenvalue weighted by Crippen LogP contribution is -2.15. The highest BCUT2D eigenvalue weighted by Crippen LogP contribution is 2.35. The molecule has 0 bridgehead atoms. The van der Waals surface area contributed by atoms with Gasteiger partial charge in [-0.15, -0.1) is 0 Å². The van der Waals surface area contributed by atoms with E-state index in [1.807, 2.05) is 12.1 Å². The Labute approximate surface area is 133 Å². The van der Waals surface area contributed by atoms with Crippen LogP contribution in [0.2, 0.25) is 0 Å². The van der Waals surface area contributed by atoms with E-state index < -0.39 is 0 Å². The van der Waals surface area contributed by atoms with Gasteiger partial charge >= 0.3 is 0 Å². The molecule has 2 aromatic carbocycles. The van der Waals surface area contributed by atoms with Gasteiger partial charge in [0, 0.05) is 21.3 Å². The monoisotopic (exact) mass is 396 g/mol. The van der Waals surface area contributed by atoms with Crippen LogP contribution in [-0.2, 0) is 0 Å². The highest BCUT2D eigenvalue weighted by atomic mass is 127. The topological polar surface area (TPSA) is 47.1 Å².